The number of carbonyl (C=O) groups excluding carboxylic acids is 1. The van der Waals surface area contributed by atoms with Crippen LogP contribution in [-0.4, -0.2) is 30.3 Å². The van der Waals surface area contributed by atoms with Crippen molar-refractivity contribution in [2.45, 2.75) is 0 Å². The molecule has 27 heavy (non-hydrogen) atoms. The van der Waals surface area contributed by atoms with Crippen molar-refractivity contribution in [3.05, 3.63) is 66.1 Å². The lowest BCUT2D eigenvalue weighted by molar-refractivity contribution is 0.102. The first kappa shape index (κ1) is 18.1. The fraction of sp³-hybridized carbons (Fsp3) is 0.105. The molecule has 0 spiro atoms. The van der Waals surface area contributed by atoms with Crippen molar-refractivity contribution in [3.63, 3.8) is 0 Å². The number of nitrogens with one attached hydrogen (secondary N) is 2. The number of benzene rings is 2. The van der Waals surface area contributed by atoms with Crippen LogP contribution in [0.4, 0.5) is 21.6 Å². The van der Waals surface area contributed by atoms with Gasteiger partial charge in [0.25, 0.3) is 5.91 Å². The summed E-state index contributed by atoms with van der Waals surface area (Å²) in [6.07, 6.45) is 0. The zero-order valence-corrected chi connectivity index (χ0v) is 14.7. The lowest BCUT2D eigenvalue weighted by Crippen LogP contribution is -2.14. The topological polar surface area (TPSA) is 85.4 Å². The molecule has 3 rings (SSSR count). The Hall–Kier alpha value is -3.68. The quantitative estimate of drug-likeness (QED) is 0.691. The van der Waals surface area contributed by atoms with Gasteiger partial charge in [-0.3, -0.25) is 4.79 Å². The molecule has 0 bridgehead atoms. The Morgan fingerprint density at radius 3 is 2.22 bits per heavy atom. The highest BCUT2D eigenvalue weighted by Crippen LogP contribution is 2.30. The van der Waals surface area contributed by atoms with Crippen molar-refractivity contribution in [2.24, 2.45) is 0 Å². The minimum absolute atomic E-state index is 0.136. The number of carbonyl (C=O) groups is 1. The summed E-state index contributed by atoms with van der Waals surface area (Å²) in [4.78, 5) is 12.2. The van der Waals surface area contributed by atoms with E-state index in [9.17, 15) is 9.18 Å². The SMILES string of the molecule is COc1ccc(Nc2ccc(C(=O)Nc3ccc(F)cc3)nn2)cc1OC. The first-order valence-electron chi connectivity index (χ1n) is 7.99. The van der Waals surface area contributed by atoms with Gasteiger partial charge in [-0.15, -0.1) is 10.2 Å². The van der Waals surface area contributed by atoms with Crippen molar-refractivity contribution >= 4 is 23.1 Å². The smallest absolute Gasteiger partial charge is 0.276 e. The standard InChI is InChI=1S/C19H17FN4O3/c1-26-16-9-7-14(11-17(16)27-2)21-18-10-8-15(23-24-18)19(25)22-13-5-3-12(20)4-6-13/h3-11H,1-2H3,(H,21,24)(H,22,25). The number of methoxy groups -OCH3 is 2. The molecule has 1 aromatic heterocycles. The predicted octanol–water partition coefficient (Wildman–Crippen LogP) is 3.63. The lowest BCUT2D eigenvalue weighted by Gasteiger charge is -2.10. The molecule has 1 amide bonds. The average molecular weight is 368 g/mol. The normalized spacial score (nSPS) is 10.2. The summed E-state index contributed by atoms with van der Waals surface area (Å²) in [7, 11) is 3.11. The summed E-state index contributed by atoms with van der Waals surface area (Å²) in [6.45, 7) is 0. The maximum Gasteiger partial charge on any atom is 0.276 e. The second-order valence-corrected chi connectivity index (χ2v) is 5.46. The highest BCUT2D eigenvalue weighted by molar-refractivity contribution is 6.02. The molecule has 0 radical (unpaired) electrons. The largest absolute Gasteiger partial charge is 0.493 e. The molecule has 0 unspecified atom stereocenters. The average Bonchev–Trinajstić information content (AvgIpc) is 2.70. The van der Waals surface area contributed by atoms with Gasteiger partial charge in [-0.1, -0.05) is 0 Å². The van der Waals surface area contributed by atoms with Crippen LogP contribution in [0, 0.1) is 5.82 Å². The van der Waals surface area contributed by atoms with E-state index in [1.165, 1.54) is 30.3 Å². The van der Waals surface area contributed by atoms with Crippen molar-refractivity contribution in [3.8, 4) is 11.5 Å². The molecule has 0 saturated carbocycles. The summed E-state index contributed by atoms with van der Waals surface area (Å²) >= 11 is 0. The zero-order valence-electron chi connectivity index (χ0n) is 14.7. The van der Waals surface area contributed by atoms with Gasteiger partial charge in [0, 0.05) is 17.4 Å². The Kier molecular flexibility index (Phi) is 5.46. The van der Waals surface area contributed by atoms with Crippen LogP contribution >= 0.6 is 0 Å². The molecule has 2 aromatic carbocycles. The van der Waals surface area contributed by atoms with E-state index in [1.807, 2.05) is 0 Å². The fourth-order valence-electron chi connectivity index (χ4n) is 2.31. The third-order valence-corrected chi connectivity index (χ3v) is 3.66. The Labute approximate surface area is 155 Å². The number of anilines is 3. The second-order valence-electron chi connectivity index (χ2n) is 5.46. The summed E-state index contributed by atoms with van der Waals surface area (Å²) in [5.41, 5.74) is 1.33. The minimum Gasteiger partial charge on any atom is -0.493 e. The maximum absolute atomic E-state index is 12.9. The Morgan fingerprint density at radius 1 is 0.889 bits per heavy atom. The van der Waals surface area contributed by atoms with Gasteiger partial charge in [-0.25, -0.2) is 4.39 Å². The number of hydrogen-bond donors (Lipinski definition) is 2. The van der Waals surface area contributed by atoms with Gasteiger partial charge in [0.1, 0.15) is 5.82 Å². The third kappa shape index (κ3) is 4.49. The fourth-order valence-corrected chi connectivity index (χ4v) is 2.31. The van der Waals surface area contributed by atoms with Crippen molar-refractivity contribution in [1.82, 2.24) is 10.2 Å². The van der Waals surface area contributed by atoms with Gasteiger partial charge in [0.2, 0.25) is 0 Å². The lowest BCUT2D eigenvalue weighted by atomic mass is 10.2. The molecular formula is C19H17FN4O3. The maximum atomic E-state index is 12.9. The summed E-state index contributed by atoms with van der Waals surface area (Å²) in [5, 5.41) is 13.6. The Balaban J connectivity index is 1.68. The number of hydrogen-bond acceptors (Lipinski definition) is 6. The van der Waals surface area contributed by atoms with E-state index in [0.717, 1.165) is 5.69 Å². The van der Waals surface area contributed by atoms with Gasteiger partial charge >= 0.3 is 0 Å². The van der Waals surface area contributed by atoms with Gasteiger partial charge in [0.15, 0.2) is 23.0 Å². The van der Waals surface area contributed by atoms with Crippen LogP contribution in [0.15, 0.2) is 54.6 Å². The van der Waals surface area contributed by atoms with Gasteiger partial charge in [-0.2, -0.15) is 0 Å². The van der Waals surface area contributed by atoms with Crippen LogP contribution in [0.2, 0.25) is 0 Å². The second kappa shape index (κ2) is 8.13. The number of rotatable bonds is 6. The molecule has 0 aliphatic carbocycles. The van der Waals surface area contributed by atoms with Crippen molar-refractivity contribution in [1.29, 1.82) is 0 Å². The minimum atomic E-state index is -0.438. The van der Waals surface area contributed by atoms with Crippen LogP contribution in [0.25, 0.3) is 0 Å². The molecule has 3 aromatic rings. The highest BCUT2D eigenvalue weighted by Gasteiger charge is 2.10. The molecule has 1 heterocycles. The van der Waals surface area contributed by atoms with Crippen LogP contribution in [0.3, 0.4) is 0 Å². The first-order chi connectivity index (χ1) is 13.1. The summed E-state index contributed by atoms with van der Waals surface area (Å²) in [5.74, 6) is 0.832. The third-order valence-electron chi connectivity index (χ3n) is 3.66. The molecular weight excluding hydrogens is 351 g/mol. The molecule has 0 aliphatic heterocycles. The van der Waals surface area contributed by atoms with E-state index in [-0.39, 0.29) is 11.5 Å². The number of ether oxygens (including phenoxy) is 2. The number of nitrogens with zero attached hydrogens (tertiary/aromatic N) is 2. The van der Waals surface area contributed by atoms with E-state index in [1.54, 1.807) is 38.5 Å². The zero-order chi connectivity index (χ0) is 19.2. The van der Waals surface area contributed by atoms with Crippen molar-refractivity contribution < 1.29 is 18.7 Å². The van der Waals surface area contributed by atoms with E-state index >= 15 is 0 Å². The highest BCUT2D eigenvalue weighted by atomic mass is 19.1. The number of aromatic nitrogens is 2. The van der Waals surface area contributed by atoms with Crippen molar-refractivity contribution in [2.75, 3.05) is 24.9 Å². The number of halogens is 1. The molecule has 0 saturated heterocycles. The predicted molar refractivity (Wildman–Crippen MR) is 99.2 cm³/mol. The first-order valence-corrected chi connectivity index (χ1v) is 7.99. The van der Waals surface area contributed by atoms with Gasteiger partial charge in [0.05, 0.1) is 14.2 Å². The summed E-state index contributed by atoms with van der Waals surface area (Å²) < 4.78 is 23.3. The molecule has 0 fully saturated rings. The molecule has 0 aliphatic rings. The summed E-state index contributed by atoms with van der Waals surface area (Å²) in [6, 6.07) is 13.9. The van der Waals surface area contributed by atoms with Gasteiger partial charge < -0.3 is 20.1 Å². The van der Waals surface area contributed by atoms with Crippen LogP contribution < -0.4 is 20.1 Å². The van der Waals surface area contributed by atoms with Crippen LogP contribution in [0.1, 0.15) is 10.5 Å². The Bertz CT molecular complexity index is 931. The van der Waals surface area contributed by atoms with Gasteiger partial charge in [-0.05, 0) is 48.5 Å². The van der Waals surface area contributed by atoms with Crippen LogP contribution in [-0.2, 0) is 0 Å². The van der Waals surface area contributed by atoms with E-state index in [4.69, 9.17) is 9.47 Å². The van der Waals surface area contributed by atoms with E-state index in [0.29, 0.717) is 23.0 Å². The number of amides is 1. The van der Waals surface area contributed by atoms with Crippen LogP contribution in [0.5, 0.6) is 11.5 Å². The monoisotopic (exact) mass is 368 g/mol. The van der Waals surface area contributed by atoms with E-state index < -0.39 is 5.91 Å². The molecule has 138 valence electrons. The molecule has 8 heteroatoms. The molecule has 7 nitrogen and oxygen atoms in total. The molecule has 0 atom stereocenters. The molecule has 2 N–H and O–H groups in total. The Morgan fingerprint density at radius 2 is 1.59 bits per heavy atom. The van der Waals surface area contributed by atoms with E-state index in [2.05, 4.69) is 20.8 Å².